The molecule has 5 rings (SSSR count). The molecule has 0 saturated carbocycles. The van der Waals surface area contributed by atoms with Gasteiger partial charge in [-0.2, -0.15) is 0 Å². The molecule has 6 nitrogen and oxygen atoms in total. The van der Waals surface area contributed by atoms with Crippen LogP contribution in [-0.2, 0) is 22.6 Å². The lowest BCUT2D eigenvalue weighted by atomic mass is 9.91. The van der Waals surface area contributed by atoms with Crippen molar-refractivity contribution in [1.82, 2.24) is 19.8 Å². The second-order valence-corrected chi connectivity index (χ2v) is 9.87. The second-order valence-electron chi connectivity index (χ2n) is 9.87. The molecule has 0 bridgehead atoms. The maximum atomic E-state index is 13.8. The lowest BCUT2D eigenvalue weighted by molar-refractivity contribution is -0.148. The van der Waals surface area contributed by atoms with E-state index in [1.807, 2.05) is 46.2 Å². The summed E-state index contributed by atoms with van der Waals surface area (Å²) >= 11 is 0. The Morgan fingerprint density at radius 3 is 2.64 bits per heavy atom. The normalized spacial score (nSPS) is 20.8. The van der Waals surface area contributed by atoms with Gasteiger partial charge in [0.05, 0.1) is 11.0 Å². The van der Waals surface area contributed by atoms with Crippen LogP contribution in [0.5, 0.6) is 0 Å². The van der Waals surface area contributed by atoms with Crippen LogP contribution < -0.4 is 0 Å². The van der Waals surface area contributed by atoms with Crippen LogP contribution >= 0.6 is 0 Å². The van der Waals surface area contributed by atoms with Crippen molar-refractivity contribution in [3.8, 4) is 0 Å². The molecule has 1 N–H and O–H groups in total. The summed E-state index contributed by atoms with van der Waals surface area (Å²) in [6, 6.07) is 15.8. The van der Waals surface area contributed by atoms with Gasteiger partial charge in [-0.3, -0.25) is 9.59 Å². The molecule has 1 saturated heterocycles. The number of hydrogen-bond donors (Lipinski definition) is 1. The monoisotopic (exact) mass is 444 g/mol. The van der Waals surface area contributed by atoms with Gasteiger partial charge in [0.15, 0.2) is 0 Å². The number of aromatic nitrogens is 2. The standard InChI is InChI=1S/C27H32N4O2/c1-18(2)14-25(32)31-17-20-9-4-3-8-19(20)15-24(31)27(33)30-13-7-10-21(16-30)26-28-22-11-5-6-12-23(22)29-26/h3-6,8-9,11-12,18,21,24H,7,10,13-17H2,1-2H3,(H,28,29). The summed E-state index contributed by atoms with van der Waals surface area (Å²) in [7, 11) is 0. The summed E-state index contributed by atoms with van der Waals surface area (Å²) in [5.41, 5.74) is 4.32. The molecule has 1 fully saturated rings. The number of nitrogens with zero attached hydrogens (tertiary/aromatic N) is 3. The van der Waals surface area contributed by atoms with Gasteiger partial charge in [-0.1, -0.05) is 50.2 Å². The second kappa shape index (κ2) is 9.00. The topological polar surface area (TPSA) is 69.3 Å². The van der Waals surface area contributed by atoms with Crippen molar-refractivity contribution in [2.75, 3.05) is 13.1 Å². The number of likely N-dealkylation sites (tertiary alicyclic amines) is 1. The van der Waals surface area contributed by atoms with Crippen molar-refractivity contribution in [3.05, 3.63) is 65.5 Å². The Hall–Kier alpha value is -3.15. The quantitative estimate of drug-likeness (QED) is 0.653. The Balaban J connectivity index is 1.38. The lowest BCUT2D eigenvalue weighted by Crippen LogP contribution is -2.55. The van der Waals surface area contributed by atoms with Crippen LogP contribution in [0.1, 0.15) is 56.0 Å². The zero-order valence-corrected chi connectivity index (χ0v) is 19.5. The fourth-order valence-electron chi connectivity index (χ4n) is 5.25. The van der Waals surface area contributed by atoms with E-state index in [1.165, 1.54) is 5.56 Å². The SMILES string of the molecule is CC(C)CC(=O)N1Cc2ccccc2CC1C(=O)N1CCCC(c2nc3ccccc3[nH]2)C1. The van der Waals surface area contributed by atoms with Crippen LogP contribution in [0.4, 0.5) is 0 Å². The molecule has 2 aliphatic heterocycles. The Labute approximate surface area is 195 Å². The number of nitrogens with one attached hydrogen (secondary N) is 1. The molecule has 2 atom stereocenters. The number of rotatable bonds is 4. The largest absolute Gasteiger partial charge is 0.342 e. The maximum Gasteiger partial charge on any atom is 0.245 e. The first kappa shape index (κ1) is 21.7. The number of H-pyrrole nitrogens is 1. The molecular weight excluding hydrogens is 412 g/mol. The van der Waals surface area contributed by atoms with Crippen molar-refractivity contribution in [1.29, 1.82) is 0 Å². The number of imidazole rings is 1. The Morgan fingerprint density at radius 1 is 1.09 bits per heavy atom. The molecule has 2 aromatic carbocycles. The number of carbonyl (C=O) groups excluding carboxylic acids is 2. The molecule has 3 aromatic rings. The average molecular weight is 445 g/mol. The highest BCUT2D eigenvalue weighted by molar-refractivity contribution is 5.89. The molecule has 172 valence electrons. The molecule has 2 unspecified atom stereocenters. The first-order valence-electron chi connectivity index (χ1n) is 12.1. The van der Waals surface area contributed by atoms with E-state index < -0.39 is 6.04 Å². The van der Waals surface area contributed by atoms with E-state index in [9.17, 15) is 9.59 Å². The fraction of sp³-hybridized carbons (Fsp3) is 0.444. The Morgan fingerprint density at radius 2 is 1.85 bits per heavy atom. The number of amides is 2. The number of aromatic amines is 1. The van der Waals surface area contributed by atoms with Crippen LogP contribution in [-0.4, -0.2) is 50.7 Å². The number of piperidine rings is 1. The van der Waals surface area contributed by atoms with Gasteiger partial charge in [0.1, 0.15) is 11.9 Å². The minimum Gasteiger partial charge on any atom is -0.342 e. The summed E-state index contributed by atoms with van der Waals surface area (Å²) < 4.78 is 0. The van der Waals surface area contributed by atoms with Crippen LogP contribution in [0.25, 0.3) is 11.0 Å². The van der Waals surface area contributed by atoms with Gasteiger partial charge in [-0.15, -0.1) is 0 Å². The zero-order chi connectivity index (χ0) is 22.9. The third-order valence-electron chi connectivity index (χ3n) is 6.96. The summed E-state index contributed by atoms with van der Waals surface area (Å²) in [5, 5.41) is 0. The van der Waals surface area contributed by atoms with Crippen molar-refractivity contribution < 1.29 is 9.59 Å². The highest BCUT2D eigenvalue weighted by Crippen LogP contribution is 2.30. The van der Waals surface area contributed by atoms with Crippen LogP contribution in [0.15, 0.2) is 48.5 Å². The van der Waals surface area contributed by atoms with E-state index >= 15 is 0 Å². The third-order valence-corrected chi connectivity index (χ3v) is 6.96. The van der Waals surface area contributed by atoms with Crippen molar-refractivity contribution in [2.24, 2.45) is 5.92 Å². The van der Waals surface area contributed by atoms with Gasteiger partial charge < -0.3 is 14.8 Å². The highest BCUT2D eigenvalue weighted by atomic mass is 16.2. The summed E-state index contributed by atoms with van der Waals surface area (Å²) in [5.74, 6) is 1.55. The minimum absolute atomic E-state index is 0.0717. The molecule has 3 heterocycles. The molecule has 0 spiro atoms. The Kier molecular flexibility index (Phi) is 5.92. The van der Waals surface area contributed by atoms with E-state index in [0.29, 0.717) is 25.9 Å². The molecule has 6 heteroatoms. The summed E-state index contributed by atoms with van der Waals surface area (Å²) in [6.07, 6.45) is 3.00. The average Bonchev–Trinajstić information content (AvgIpc) is 3.27. The summed E-state index contributed by atoms with van der Waals surface area (Å²) in [4.78, 5) is 39.0. The van der Waals surface area contributed by atoms with Crippen molar-refractivity contribution >= 4 is 22.8 Å². The van der Waals surface area contributed by atoms with E-state index in [0.717, 1.165) is 41.8 Å². The number of hydrogen-bond acceptors (Lipinski definition) is 3. The van der Waals surface area contributed by atoms with Gasteiger partial charge in [-0.05, 0) is 42.0 Å². The maximum absolute atomic E-state index is 13.8. The summed E-state index contributed by atoms with van der Waals surface area (Å²) in [6.45, 7) is 5.99. The molecule has 2 aliphatic rings. The molecule has 33 heavy (non-hydrogen) atoms. The van der Waals surface area contributed by atoms with Gasteiger partial charge in [0, 0.05) is 38.4 Å². The predicted molar refractivity (Wildman–Crippen MR) is 129 cm³/mol. The smallest absolute Gasteiger partial charge is 0.245 e. The number of fused-ring (bicyclic) bond motifs is 2. The van der Waals surface area contributed by atoms with Gasteiger partial charge in [-0.25, -0.2) is 4.98 Å². The van der Waals surface area contributed by atoms with Gasteiger partial charge >= 0.3 is 0 Å². The molecule has 1 aromatic heterocycles. The van der Waals surface area contributed by atoms with Crippen molar-refractivity contribution in [3.63, 3.8) is 0 Å². The highest BCUT2D eigenvalue weighted by Gasteiger charge is 2.38. The van der Waals surface area contributed by atoms with Crippen LogP contribution in [0.3, 0.4) is 0 Å². The van der Waals surface area contributed by atoms with Crippen LogP contribution in [0.2, 0.25) is 0 Å². The number of benzene rings is 2. The predicted octanol–water partition coefficient (Wildman–Crippen LogP) is 4.27. The zero-order valence-electron chi connectivity index (χ0n) is 19.5. The molecule has 2 amide bonds. The van der Waals surface area contributed by atoms with E-state index in [-0.39, 0.29) is 23.7 Å². The minimum atomic E-state index is -0.430. The van der Waals surface area contributed by atoms with E-state index in [2.05, 4.69) is 31.0 Å². The first-order valence-corrected chi connectivity index (χ1v) is 12.1. The van der Waals surface area contributed by atoms with Crippen molar-refractivity contribution in [2.45, 2.75) is 58.0 Å². The lowest BCUT2D eigenvalue weighted by Gasteiger charge is -2.41. The first-order chi connectivity index (χ1) is 16.0. The number of carbonyl (C=O) groups is 2. The molecule has 0 radical (unpaired) electrons. The van der Waals surface area contributed by atoms with Crippen LogP contribution in [0, 0.1) is 5.92 Å². The third kappa shape index (κ3) is 4.39. The molecular formula is C27H32N4O2. The van der Waals surface area contributed by atoms with Gasteiger partial charge in [0.2, 0.25) is 11.8 Å². The fourth-order valence-corrected chi connectivity index (χ4v) is 5.25. The Bertz CT molecular complexity index is 1130. The number of para-hydroxylation sites is 2. The van der Waals surface area contributed by atoms with E-state index in [1.54, 1.807) is 0 Å². The molecule has 0 aliphatic carbocycles. The van der Waals surface area contributed by atoms with E-state index in [4.69, 9.17) is 4.98 Å². The van der Waals surface area contributed by atoms with Gasteiger partial charge in [0.25, 0.3) is 0 Å².